The molecule has 3 aliphatic rings. The van der Waals surface area contributed by atoms with Crippen LogP contribution in [0.25, 0.3) is 0 Å². The molecule has 0 bridgehead atoms. The molecule has 0 aromatic rings. The third-order valence-corrected chi connectivity index (χ3v) is 6.00. The molecule has 0 radical (unpaired) electrons. The minimum Gasteiger partial charge on any atom is -0.481 e. The van der Waals surface area contributed by atoms with Crippen LogP contribution < -0.4 is 0 Å². The van der Waals surface area contributed by atoms with Gasteiger partial charge in [-0.25, -0.2) is 0 Å². The van der Waals surface area contributed by atoms with E-state index in [1.165, 1.54) is 0 Å². The first-order chi connectivity index (χ1) is 10.0. The molecule has 1 aliphatic heterocycles. The lowest BCUT2D eigenvalue weighted by molar-refractivity contribution is -0.148. The number of carbonyl (C=O) groups is 2. The van der Waals surface area contributed by atoms with Crippen LogP contribution in [-0.2, 0) is 9.59 Å². The van der Waals surface area contributed by atoms with Crippen LogP contribution in [0.3, 0.4) is 0 Å². The van der Waals surface area contributed by atoms with Gasteiger partial charge in [0.1, 0.15) is 0 Å². The van der Waals surface area contributed by atoms with Crippen LogP contribution in [0.1, 0.15) is 39.0 Å². The van der Waals surface area contributed by atoms with Crippen LogP contribution in [-0.4, -0.2) is 46.2 Å². The predicted octanol–water partition coefficient (Wildman–Crippen LogP) is 1.35. The fourth-order valence-corrected chi connectivity index (χ4v) is 4.67. The number of hydrogen-bond acceptors (Lipinski definition) is 3. The molecule has 1 heterocycles. The molecule has 2 aliphatic carbocycles. The molecule has 21 heavy (non-hydrogen) atoms. The summed E-state index contributed by atoms with van der Waals surface area (Å²) >= 11 is 0. The topological polar surface area (TPSA) is 77.8 Å². The van der Waals surface area contributed by atoms with Gasteiger partial charge in [0.25, 0.3) is 0 Å². The largest absolute Gasteiger partial charge is 0.481 e. The summed E-state index contributed by atoms with van der Waals surface area (Å²) in [5.41, 5.74) is 0. The van der Waals surface area contributed by atoms with Gasteiger partial charge in [0.05, 0.1) is 17.9 Å². The van der Waals surface area contributed by atoms with Gasteiger partial charge in [-0.2, -0.15) is 0 Å². The number of amides is 1. The number of aliphatic carboxylic acids is 1. The van der Waals surface area contributed by atoms with Crippen molar-refractivity contribution < 1.29 is 19.8 Å². The molecule has 1 amide bonds. The first kappa shape index (κ1) is 14.8. The van der Waals surface area contributed by atoms with E-state index in [2.05, 4.69) is 6.92 Å². The Kier molecular flexibility index (Phi) is 3.95. The summed E-state index contributed by atoms with van der Waals surface area (Å²) in [6.07, 6.45) is 3.83. The van der Waals surface area contributed by atoms with Crippen molar-refractivity contribution in [2.45, 2.75) is 45.1 Å². The first-order valence-electron chi connectivity index (χ1n) is 8.20. The number of likely N-dealkylation sites (tertiary alicyclic amines) is 1. The number of nitrogens with zero attached hydrogens (tertiary/aromatic N) is 1. The zero-order valence-electron chi connectivity index (χ0n) is 12.6. The molecular formula is C16H25NO4. The molecule has 3 rings (SSSR count). The summed E-state index contributed by atoms with van der Waals surface area (Å²) in [5, 5.41) is 19.3. The monoisotopic (exact) mass is 295 g/mol. The summed E-state index contributed by atoms with van der Waals surface area (Å²) in [5.74, 6) is -0.719. The SMILES string of the molecule is CCC1CC(C(=O)O)C(C(=O)N2CC3CCC(O)C3C2)C1. The minimum absolute atomic E-state index is 0.0138. The highest BCUT2D eigenvalue weighted by Gasteiger charge is 2.48. The lowest BCUT2D eigenvalue weighted by Gasteiger charge is -2.24. The first-order valence-corrected chi connectivity index (χ1v) is 8.20. The van der Waals surface area contributed by atoms with Gasteiger partial charge in [-0.1, -0.05) is 13.3 Å². The maximum absolute atomic E-state index is 12.7. The minimum atomic E-state index is -0.830. The normalized spacial score (nSPS) is 42.3. The molecule has 118 valence electrons. The van der Waals surface area contributed by atoms with Gasteiger partial charge in [-0.05, 0) is 37.5 Å². The highest BCUT2D eigenvalue weighted by molar-refractivity contribution is 5.85. The van der Waals surface area contributed by atoms with E-state index in [9.17, 15) is 19.8 Å². The number of fused-ring (bicyclic) bond motifs is 1. The van der Waals surface area contributed by atoms with Gasteiger partial charge in [-0.15, -0.1) is 0 Å². The van der Waals surface area contributed by atoms with Crippen molar-refractivity contribution in [3.63, 3.8) is 0 Å². The summed E-state index contributed by atoms with van der Waals surface area (Å²) in [4.78, 5) is 26.0. The van der Waals surface area contributed by atoms with Crippen LogP contribution in [0.5, 0.6) is 0 Å². The number of carboxylic acid groups (broad SMARTS) is 1. The molecule has 6 unspecified atom stereocenters. The maximum Gasteiger partial charge on any atom is 0.307 e. The van der Waals surface area contributed by atoms with E-state index in [0.29, 0.717) is 37.8 Å². The van der Waals surface area contributed by atoms with Gasteiger partial charge in [0, 0.05) is 19.0 Å². The summed E-state index contributed by atoms with van der Waals surface area (Å²) in [7, 11) is 0. The molecule has 3 fully saturated rings. The van der Waals surface area contributed by atoms with Crippen LogP contribution in [0.2, 0.25) is 0 Å². The summed E-state index contributed by atoms with van der Waals surface area (Å²) < 4.78 is 0. The van der Waals surface area contributed by atoms with Crippen molar-refractivity contribution in [2.24, 2.45) is 29.6 Å². The van der Waals surface area contributed by atoms with E-state index >= 15 is 0 Å². The van der Waals surface area contributed by atoms with Gasteiger partial charge in [0.15, 0.2) is 0 Å². The predicted molar refractivity (Wildman–Crippen MR) is 76.4 cm³/mol. The van der Waals surface area contributed by atoms with E-state index in [-0.39, 0.29) is 23.8 Å². The second-order valence-corrected chi connectivity index (χ2v) is 7.11. The maximum atomic E-state index is 12.7. The van der Waals surface area contributed by atoms with Crippen molar-refractivity contribution in [1.29, 1.82) is 0 Å². The zero-order chi connectivity index (χ0) is 15.1. The van der Waals surface area contributed by atoms with E-state index in [1.807, 2.05) is 4.90 Å². The third-order valence-electron chi connectivity index (χ3n) is 6.00. The molecule has 2 saturated carbocycles. The third kappa shape index (κ3) is 2.56. The second kappa shape index (κ2) is 5.59. The van der Waals surface area contributed by atoms with Gasteiger partial charge in [0.2, 0.25) is 5.91 Å². The van der Waals surface area contributed by atoms with Gasteiger partial charge < -0.3 is 15.1 Å². The fraction of sp³-hybridized carbons (Fsp3) is 0.875. The Labute approximate surface area is 125 Å². The van der Waals surface area contributed by atoms with Crippen LogP contribution in [0.4, 0.5) is 0 Å². The molecule has 6 atom stereocenters. The average molecular weight is 295 g/mol. The van der Waals surface area contributed by atoms with Gasteiger partial charge in [-0.3, -0.25) is 9.59 Å². The van der Waals surface area contributed by atoms with Crippen molar-refractivity contribution >= 4 is 11.9 Å². The number of carbonyl (C=O) groups excluding carboxylic acids is 1. The van der Waals surface area contributed by atoms with Crippen molar-refractivity contribution in [3.8, 4) is 0 Å². The van der Waals surface area contributed by atoms with Crippen LogP contribution in [0, 0.1) is 29.6 Å². The molecule has 0 aromatic heterocycles. The number of carboxylic acids is 1. The van der Waals surface area contributed by atoms with Crippen molar-refractivity contribution in [3.05, 3.63) is 0 Å². The zero-order valence-corrected chi connectivity index (χ0v) is 12.6. The Morgan fingerprint density at radius 3 is 2.48 bits per heavy atom. The molecule has 0 aromatic carbocycles. The van der Waals surface area contributed by atoms with Crippen molar-refractivity contribution in [2.75, 3.05) is 13.1 Å². The number of hydrogen-bond donors (Lipinski definition) is 2. The Morgan fingerprint density at radius 1 is 1.14 bits per heavy atom. The molecule has 1 saturated heterocycles. The highest BCUT2D eigenvalue weighted by Crippen LogP contribution is 2.43. The van der Waals surface area contributed by atoms with E-state index in [0.717, 1.165) is 19.3 Å². The van der Waals surface area contributed by atoms with Crippen LogP contribution in [0.15, 0.2) is 0 Å². The van der Waals surface area contributed by atoms with E-state index in [1.54, 1.807) is 0 Å². The highest BCUT2D eigenvalue weighted by atomic mass is 16.4. The average Bonchev–Trinajstić information content (AvgIpc) is 3.13. The number of aliphatic hydroxyl groups excluding tert-OH is 1. The number of aliphatic hydroxyl groups is 1. The standard InChI is InChI=1S/C16H25NO4/c1-2-9-5-11(12(6-9)16(20)21)15(19)17-7-10-3-4-14(18)13(10)8-17/h9-14,18H,2-8H2,1H3,(H,20,21). The van der Waals surface area contributed by atoms with Gasteiger partial charge >= 0.3 is 5.97 Å². The van der Waals surface area contributed by atoms with E-state index < -0.39 is 11.9 Å². The lowest BCUT2D eigenvalue weighted by Crippen LogP contribution is -2.39. The molecule has 2 N–H and O–H groups in total. The Morgan fingerprint density at radius 2 is 1.86 bits per heavy atom. The summed E-state index contributed by atoms with van der Waals surface area (Å²) in [6.45, 7) is 3.39. The molecular weight excluding hydrogens is 270 g/mol. The fourth-order valence-electron chi connectivity index (χ4n) is 4.67. The van der Waals surface area contributed by atoms with E-state index in [4.69, 9.17) is 0 Å². The number of rotatable bonds is 3. The smallest absolute Gasteiger partial charge is 0.307 e. The Balaban J connectivity index is 1.69. The van der Waals surface area contributed by atoms with Crippen LogP contribution >= 0.6 is 0 Å². The molecule has 0 spiro atoms. The lowest BCUT2D eigenvalue weighted by atomic mass is 9.95. The quantitative estimate of drug-likeness (QED) is 0.824. The second-order valence-electron chi connectivity index (χ2n) is 7.11. The van der Waals surface area contributed by atoms with Crippen molar-refractivity contribution in [1.82, 2.24) is 4.90 Å². The summed E-state index contributed by atoms with van der Waals surface area (Å²) in [6, 6.07) is 0. The Bertz CT molecular complexity index is 438. The molecule has 5 nitrogen and oxygen atoms in total. The molecule has 5 heteroatoms. The Hall–Kier alpha value is -1.10.